The third-order valence-electron chi connectivity index (χ3n) is 13.4. The molecule has 23 nitrogen and oxygen atoms in total. The first-order chi connectivity index (χ1) is 38.4. The number of anilines is 3. The molecule has 4 aliphatic rings. The Kier molecular flexibility index (Phi) is 19.1. The van der Waals surface area contributed by atoms with E-state index in [9.17, 15) is 33.6 Å². The number of imide groups is 3. The van der Waals surface area contributed by atoms with Crippen molar-refractivity contribution in [3.63, 3.8) is 0 Å². The fourth-order valence-electron chi connectivity index (χ4n) is 9.96. The summed E-state index contributed by atoms with van der Waals surface area (Å²) in [6.45, 7) is 18.1. The first-order valence-corrected chi connectivity index (χ1v) is 29.6. The first kappa shape index (κ1) is 60.0. The van der Waals surface area contributed by atoms with Gasteiger partial charge in [0.05, 0.1) is 42.6 Å². The predicted octanol–water partition coefficient (Wildman–Crippen LogP) is 9.12. The number of aromatic nitrogens is 4. The third kappa shape index (κ3) is 15.9. The Morgan fingerprint density at radius 3 is 2.21 bits per heavy atom. The van der Waals surface area contributed by atoms with E-state index in [0.717, 1.165) is 42.7 Å². The van der Waals surface area contributed by atoms with Crippen molar-refractivity contribution in [1.82, 2.24) is 35.1 Å². The number of nitrogens with one attached hydrogen (secondary N) is 2. The molecule has 5 heterocycles. The molecule has 0 spiro atoms. The minimum Gasteiger partial charge on any atom is -0.489 e. The number of likely N-dealkylation sites (tertiary alicyclic amines) is 1. The standard InChI is InChI=1S/C56H72N10O13S2/c1-54(2,3)77-50(70)57-23-29-80-81-30-28-75-53(73)76-44-16-11-10-13-39(44)40-31-43(48(61-60-40)59-51(71)78-55(4,5)6)65-33-37(32-58-65)63-25-24-62(34-46(63)68)36-19-17-35(18-20-36)38-14-12-15-41-47(38)74-27-26-64(41)42-21-22-45(67)66(49(42)69)52(72)79-56(7,8)9/h10-16,31-33,35-36,42H,17-30,34H2,1-9H3,(H,57,70)(H,59,61,71)/t35?,36?,42-/m0/s1. The molecular formula is C56H72N10O13S2. The summed E-state index contributed by atoms with van der Waals surface area (Å²) in [4.78, 5) is 98.2. The minimum atomic E-state index is -0.961. The number of carbonyl (C=O) groups is 7. The van der Waals surface area contributed by atoms with Crippen molar-refractivity contribution in [2.75, 3.05) is 72.6 Å². The highest BCUT2D eigenvalue weighted by Crippen LogP contribution is 2.46. The Morgan fingerprint density at radius 2 is 1.48 bits per heavy atom. The van der Waals surface area contributed by atoms with Crippen LogP contribution in [0.1, 0.15) is 112 Å². The van der Waals surface area contributed by atoms with Gasteiger partial charge in [0.25, 0.3) is 5.91 Å². The van der Waals surface area contributed by atoms with E-state index in [1.54, 1.807) is 110 Å². The van der Waals surface area contributed by atoms with Gasteiger partial charge in [0, 0.05) is 49.2 Å². The Bertz CT molecular complexity index is 2970. The minimum absolute atomic E-state index is 0.0201. The SMILES string of the molecule is CC(C)(C)OC(=O)NCCSSCCOC(=O)Oc1ccccc1-c1cc(-n2cc(N3CCN(C4CCC(c5cccc6c5OCCN6[C@H]5CCC(=O)N(C(=O)OC(C)(C)C)C5=O)CC4)CC3=O)cn2)c(NC(=O)OC(C)(C)C)nn1. The smallest absolute Gasteiger partial charge is 0.489 e. The molecular weight excluding hydrogens is 1080 g/mol. The van der Waals surface area contributed by atoms with Crippen molar-refractivity contribution in [1.29, 1.82) is 0 Å². The van der Waals surface area contributed by atoms with Crippen LogP contribution in [0.25, 0.3) is 16.9 Å². The second-order valence-corrected chi connectivity index (χ2v) is 25.6. The fourth-order valence-corrected chi connectivity index (χ4v) is 11.7. The van der Waals surface area contributed by atoms with Crippen LogP contribution in [-0.4, -0.2) is 158 Å². The Hall–Kier alpha value is -7.12. The van der Waals surface area contributed by atoms with Gasteiger partial charge < -0.3 is 43.5 Å². The van der Waals surface area contributed by atoms with E-state index in [0.29, 0.717) is 60.4 Å². The van der Waals surface area contributed by atoms with Crippen LogP contribution in [0, 0.1) is 0 Å². The molecule has 8 rings (SSSR count). The van der Waals surface area contributed by atoms with Gasteiger partial charge >= 0.3 is 24.4 Å². The molecule has 2 aromatic heterocycles. The molecule has 25 heteroatoms. The van der Waals surface area contributed by atoms with Crippen molar-refractivity contribution in [2.24, 2.45) is 0 Å². The number of hydrogen-bond donors (Lipinski definition) is 2. The fraction of sp³-hybridized carbons (Fsp3) is 0.536. The largest absolute Gasteiger partial charge is 0.513 e. The average Bonchev–Trinajstić information content (AvgIpc) is 4.08. The molecule has 81 heavy (non-hydrogen) atoms. The topological polar surface area (TPSA) is 255 Å². The van der Waals surface area contributed by atoms with E-state index >= 15 is 0 Å². The number of piperazine rings is 1. The van der Waals surface area contributed by atoms with Crippen molar-refractivity contribution in [3.8, 4) is 28.4 Å². The van der Waals surface area contributed by atoms with E-state index in [4.69, 9.17) is 28.4 Å². The average molecular weight is 1160 g/mol. The van der Waals surface area contributed by atoms with Crippen LogP contribution in [0.4, 0.5) is 36.4 Å². The number of benzene rings is 2. The number of carbonyl (C=O) groups excluding carboxylic acids is 7. The molecule has 1 saturated carbocycles. The number of fused-ring (bicyclic) bond motifs is 1. The van der Waals surface area contributed by atoms with E-state index < -0.39 is 59.1 Å². The number of hydrogen-bond acceptors (Lipinski definition) is 20. The van der Waals surface area contributed by atoms with E-state index in [1.807, 2.05) is 17.0 Å². The molecule has 0 unspecified atom stereocenters. The lowest BCUT2D eigenvalue weighted by molar-refractivity contribution is -0.147. The second-order valence-electron chi connectivity index (χ2n) is 22.9. The molecule has 436 valence electrons. The van der Waals surface area contributed by atoms with Crippen LogP contribution in [0.2, 0.25) is 0 Å². The maximum absolute atomic E-state index is 14.1. The number of rotatable bonds is 15. The van der Waals surface area contributed by atoms with E-state index in [2.05, 4.69) is 36.9 Å². The first-order valence-electron chi connectivity index (χ1n) is 27.2. The van der Waals surface area contributed by atoms with Gasteiger partial charge in [0.2, 0.25) is 11.8 Å². The molecule has 1 aliphatic carbocycles. The number of alkyl carbamates (subject to hydrolysis) is 1. The molecule has 3 aliphatic heterocycles. The lowest BCUT2D eigenvalue weighted by Gasteiger charge is -2.43. The maximum atomic E-state index is 14.1. The molecule has 1 atom stereocenters. The zero-order valence-corrected chi connectivity index (χ0v) is 48.9. The van der Waals surface area contributed by atoms with Gasteiger partial charge in [0.15, 0.2) is 5.82 Å². The van der Waals surface area contributed by atoms with Gasteiger partial charge in [0.1, 0.15) is 53.2 Å². The monoisotopic (exact) mass is 1160 g/mol. The van der Waals surface area contributed by atoms with Gasteiger partial charge in [-0.1, -0.05) is 45.9 Å². The van der Waals surface area contributed by atoms with Crippen molar-refractivity contribution in [2.45, 2.75) is 136 Å². The summed E-state index contributed by atoms with van der Waals surface area (Å²) in [5.74, 6) is 0.889. The van der Waals surface area contributed by atoms with Gasteiger partial charge in [-0.25, -0.2) is 23.9 Å². The summed E-state index contributed by atoms with van der Waals surface area (Å²) >= 11 is 0. The summed E-state index contributed by atoms with van der Waals surface area (Å²) in [7, 11) is 2.98. The van der Waals surface area contributed by atoms with Gasteiger partial charge in [-0.3, -0.25) is 24.6 Å². The second kappa shape index (κ2) is 25.8. The molecule has 3 fully saturated rings. The maximum Gasteiger partial charge on any atom is 0.513 e. The number of piperidine rings is 1. The molecule has 0 bridgehead atoms. The van der Waals surface area contributed by atoms with E-state index in [-0.39, 0.29) is 66.8 Å². The summed E-state index contributed by atoms with van der Waals surface area (Å²) in [6.07, 6.45) is 3.84. The van der Waals surface area contributed by atoms with Crippen LogP contribution in [0.5, 0.6) is 11.5 Å². The number of ether oxygens (including phenoxy) is 6. The van der Waals surface area contributed by atoms with Crippen molar-refractivity contribution >= 4 is 80.9 Å². The molecule has 2 N–H and O–H groups in total. The van der Waals surface area contributed by atoms with Crippen molar-refractivity contribution in [3.05, 3.63) is 66.5 Å². The Balaban J connectivity index is 0.885. The number of para-hydroxylation sites is 2. The highest BCUT2D eigenvalue weighted by atomic mass is 33.1. The molecule has 0 radical (unpaired) electrons. The Labute approximate surface area is 479 Å². The van der Waals surface area contributed by atoms with Gasteiger partial charge in [-0.05, 0) is 130 Å². The zero-order valence-electron chi connectivity index (χ0n) is 47.3. The van der Waals surface area contributed by atoms with Crippen LogP contribution in [0.15, 0.2) is 60.9 Å². The zero-order chi connectivity index (χ0) is 58.2. The molecule has 2 saturated heterocycles. The van der Waals surface area contributed by atoms with Crippen LogP contribution in [0.3, 0.4) is 0 Å². The highest BCUT2D eigenvalue weighted by Gasteiger charge is 2.45. The highest BCUT2D eigenvalue weighted by molar-refractivity contribution is 8.76. The number of nitrogens with zero attached hydrogens (tertiary/aromatic N) is 8. The summed E-state index contributed by atoms with van der Waals surface area (Å²) in [5, 5.41) is 18.8. The summed E-state index contributed by atoms with van der Waals surface area (Å²) in [5.41, 5.74) is 1.02. The third-order valence-corrected chi connectivity index (χ3v) is 15.7. The lowest BCUT2D eigenvalue weighted by atomic mass is 9.80. The number of amides is 6. The van der Waals surface area contributed by atoms with Crippen LogP contribution in [-0.2, 0) is 33.3 Å². The van der Waals surface area contributed by atoms with Gasteiger partial charge in [-0.2, -0.15) is 10.00 Å². The Morgan fingerprint density at radius 1 is 0.765 bits per heavy atom. The van der Waals surface area contributed by atoms with Gasteiger partial charge in [-0.15, -0.1) is 10.2 Å². The quantitative estimate of drug-likeness (QED) is 0.0281. The van der Waals surface area contributed by atoms with Crippen LogP contribution < -0.4 is 29.9 Å². The molecule has 6 amide bonds. The summed E-state index contributed by atoms with van der Waals surface area (Å²) in [6, 6.07) is 13.8. The van der Waals surface area contributed by atoms with Crippen molar-refractivity contribution < 1.29 is 62.0 Å². The van der Waals surface area contributed by atoms with E-state index in [1.165, 1.54) is 26.3 Å². The normalized spacial score (nSPS) is 19.0. The van der Waals surface area contributed by atoms with Crippen LogP contribution >= 0.6 is 21.6 Å². The summed E-state index contributed by atoms with van der Waals surface area (Å²) < 4.78 is 35.0. The molecule has 2 aromatic carbocycles. The predicted molar refractivity (Wildman–Crippen MR) is 305 cm³/mol. The molecule has 4 aromatic rings. The lowest BCUT2D eigenvalue weighted by Crippen LogP contribution is -2.58.